The second-order valence-electron chi connectivity index (χ2n) is 8.38. The Labute approximate surface area is 193 Å². The van der Waals surface area contributed by atoms with E-state index in [1.165, 1.54) is 0 Å². The number of nitrogens with zero attached hydrogens (tertiary/aromatic N) is 1. The van der Waals surface area contributed by atoms with Crippen molar-refractivity contribution in [1.29, 1.82) is 0 Å². The molecule has 2 amide bonds. The molecule has 0 bridgehead atoms. The molecule has 3 atom stereocenters. The third-order valence-corrected chi connectivity index (χ3v) is 6.98. The smallest absolute Gasteiger partial charge is 0.241 e. The van der Waals surface area contributed by atoms with Gasteiger partial charge in [0, 0.05) is 16.1 Å². The van der Waals surface area contributed by atoms with Gasteiger partial charge in [-0.15, -0.1) is 0 Å². The number of ketones is 2. The molecule has 0 unspecified atom stereocenters. The molecule has 2 aliphatic heterocycles. The summed E-state index contributed by atoms with van der Waals surface area (Å²) in [6, 6.07) is 21.6. The molecule has 33 heavy (non-hydrogen) atoms. The van der Waals surface area contributed by atoms with Crippen molar-refractivity contribution in [2.75, 3.05) is 4.90 Å². The lowest BCUT2D eigenvalue weighted by Crippen LogP contribution is -2.51. The Morgan fingerprint density at radius 3 is 1.91 bits per heavy atom. The van der Waals surface area contributed by atoms with Gasteiger partial charge < -0.3 is 4.74 Å². The van der Waals surface area contributed by atoms with Crippen LogP contribution in [0.4, 0.5) is 5.69 Å². The Morgan fingerprint density at radius 2 is 1.30 bits per heavy atom. The van der Waals surface area contributed by atoms with Gasteiger partial charge in [-0.3, -0.25) is 19.2 Å². The molecule has 1 spiro atoms. The monoisotopic (exact) mass is 457 g/mol. The first-order valence-corrected chi connectivity index (χ1v) is 10.9. The van der Waals surface area contributed by atoms with Crippen LogP contribution in [0.5, 0.6) is 0 Å². The van der Waals surface area contributed by atoms with Crippen molar-refractivity contribution in [1.82, 2.24) is 0 Å². The number of hydrogen-bond acceptors (Lipinski definition) is 5. The number of rotatable bonds is 2. The number of fused-ring (bicyclic) bond motifs is 3. The zero-order valence-electron chi connectivity index (χ0n) is 17.1. The highest BCUT2D eigenvalue weighted by atomic mass is 35.5. The molecule has 2 saturated heterocycles. The lowest BCUT2D eigenvalue weighted by Gasteiger charge is -2.27. The number of benzene rings is 3. The van der Waals surface area contributed by atoms with Crippen molar-refractivity contribution < 1.29 is 23.9 Å². The SMILES string of the molecule is O=C1[C@@H]2[C@H](c3ccccc3)OC3(C(=O)c4ccccc4C3=O)[C@H]2C(=O)N1c1ccc(Cl)cc1. The van der Waals surface area contributed by atoms with E-state index in [1.807, 2.05) is 6.07 Å². The topological polar surface area (TPSA) is 80.8 Å². The van der Waals surface area contributed by atoms with Crippen molar-refractivity contribution in [2.24, 2.45) is 11.8 Å². The molecule has 0 N–H and O–H groups in total. The molecule has 3 aromatic carbocycles. The van der Waals surface area contributed by atoms with E-state index >= 15 is 0 Å². The quantitative estimate of drug-likeness (QED) is 0.428. The van der Waals surface area contributed by atoms with Gasteiger partial charge in [0.25, 0.3) is 0 Å². The third kappa shape index (κ3) is 2.53. The van der Waals surface area contributed by atoms with Crippen molar-refractivity contribution in [3.63, 3.8) is 0 Å². The number of halogens is 1. The summed E-state index contributed by atoms with van der Waals surface area (Å²) in [5, 5.41) is 0.455. The number of amides is 2. The molecule has 0 aromatic heterocycles. The van der Waals surface area contributed by atoms with Gasteiger partial charge in [0.15, 0.2) is 0 Å². The van der Waals surface area contributed by atoms with E-state index in [0.717, 1.165) is 4.90 Å². The molecule has 2 fully saturated rings. The molecule has 0 saturated carbocycles. The number of carbonyl (C=O) groups excluding carboxylic acids is 4. The van der Waals surface area contributed by atoms with Crippen LogP contribution in [0.25, 0.3) is 0 Å². The fourth-order valence-electron chi connectivity index (χ4n) is 5.31. The van der Waals surface area contributed by atoms with Crippen LogP contribution in [0.3, 0.4) is 0 Å². The summed E-state index contributed by atoms with van der Waals surface area (Å²) < 4.78 is 6.23. The molecule has 6 nitrogen and oxygen atoms in total. The van der Waals surface area contributed by atoms with E-state index in [-0.39, 0.29) is 11.1 Å². The number of Topliss-reactive ketones (excluding diaryl/α,β-unsaturated/α-hetero) is 2. The van der Waals surface area contributed by atoms with E-state index in [9.17, 15) is 19.2 Å². The lowest BCUT2D eigenvalue weighted by atomic mass is 9.77. The molecule has 162 valence electrons. The van der Waals surface area contributed by atoms with E-state index in [4.69, 9.17) is 16.3 Å². The molecule has 3 aliphatic rings. The van der Waals surface area contributed by atoms with Gasteiger partial charge in [0.2, 0.25) is 29.0 Å². The second kappa shape index (κ2) is 6.94. The normalized spacial score (nSPS) is 25.1. The van der Waals surface area contributed by atoms with E-state index < -0.39 is 46.9 Å². The average Bonchev–Trinajstić information content (AvgIpc) is 3.41. The zero-order chi connectivity index (χ0) is 22.9. The maximum Gasteiger partial charge on any atom is 0.241 e. The minimum absolute atomic E-state index is 0.208. The second-order valence-corrected chi connectivity index (χ2v) is 8.82. The highest BCUT2D eigenvalue weighted by Gasteiger charge is 2.74. The van der Waals surface area contributed by atoms with Crippen LogP contribution in [-0.2, 0) is 14.3 Å². The molecule has 6 rings (SSSR count). The van der Waals surface area contributed by atoms with Gasteiger partial charge >= 0.3 is 0 Å². The van der Waals surface area contributed by atoms with Gasteiger partial charge in [0.05, 0.1) is 23.6 Å². The fraction of sp³-hybridized carbons (Fsp3) is 0.154. The summed E-state index contributed by atoms with van der Waals surface area (Å²) in [6.45, 7) is 0. The number of anilines is 1. The van der Waals surface area contributed by atoms with Crippen LogP contribution in [0.2, 0.25) is 5.02 Å². The van der Waals surface area contributed by atoms with Gasteiger partial charge in [-0.1, -0.05) is 66.2 Å². The van der Waals surface area contributed by atoms with Crippen LogP contribution in [-0.4, -0.2) is 29.0 Å². The largest absolute Gasteiger partial charge is 0.349 e. The minimum atomic E-state index is -2.07. The third-order valence-electron chi connectivity index (χ3n) is 6.73. The Morgan fingerprint density at radius 1 is 0.727 bits per heavy atom. The first-order valence-electron chi connectivity index (χ1n) is 10.5. The fourth-order valence-corrected chi connectivity index (χ4v) is 5.43. The summed E-state index contributed by atoms with van der Waals surface area (Å²) in [7, 11) is 0. The Hall–Kier alpha value is -3.61. The number of ether oxygens (including phenoxy) is 1. The Bertz CT molecular complexity index is 1320. The van der Waals surface area contributed by atoms with Crippen molar-refractivity contribution >= 4 is 40.7 Å². The van der Waals surface area contributed by atoms with E-state index in [2.05, 4.69) is 0 Å². The highest BCUT2D eigenvalue weighted by Crippen LogP contribution is 2.57. The zero-order valence-corrected chi connectivity index (χ0v) is 17.9. The number of hydrogen-bond donors (Lipinski definition) is 0. The van der Waals surface area contributed by atoms with Crippen LogP contribution in [0, 0.1) is 11.8 Å². The van der Waals surface area contributed by atoms with E-state index in [1.54, 1.807) is 72.8 Å². The average molecular weight is 458 g/mol. The van der Waals surface area contributed by atoms with Crippen LogP contribution in [0.1, 0.15) is 32.4 Å². The van der Waals surface area contributed by atoms with Gasteiger partial charge in [0.1, 0.15) is 0 Å². The Kier molecular flexibility index (Phi) is 4.21. The first kappa shape index (κ1) is 20.0. The van der Waals surface area contributed by atoms with Crippen LogP contribution >= 0.6 is 11.6 Å². The molecule has 3 aromatic rings. The standard InChI is InChI=1S/C26H16ClNO5/c27-15-10-12-16(13-11-15)28-24(31)19-20(25(28)32)26(33-21(19)14-6-2-1-3-7-14)22(29)17-8-4-5-9-18(17)23(26)30/h1-13,19-21H/t19-,20+,21-/m0/s1. The molecule has 2 heterocycles. The number of carbonyl (C=O) groups is 4. The summed E-state index contributed by atoms with van der Waals surface area (Å²) in [4.78, 5) is 55.8. The molecular weight excluding hydrogens is 442 g/mol. The maximum absolute atomic E-state index is 13.8. The van der Waals surface area contributed by atoms with E-state index in [0.29, 0.717) is 16.3 Å². The summed E-state index contributed by atoms with van der Waals surface area (Å²) in [5.74, 6) is -4.56. The lowest BCUT2D eigenvalue weighted by molar-refractivity contribution is -0.127. The van der Waals surface area contributed by atoms with Crippen LogP contribution in [0.15, 0.2) is 78.9 Å². The summed E-state index contributed by atoms with van der Waals surface area (Å²) in [6.07, 6.45) is -0.924. The predicted molar refractivity (Wildman–Crippen MR) is 119 cm³/mol. The van der Waals surface area contributed by atoms with Crippen LogP contribution < -0.4 is 4.90 Å². The van der Waals surface area contributed by atoms with Crippen molar-refractivity contribution in [3.05, 3.63) is 101 Å². The highest BCUT2D eigenvalue weighted by molar-refractivity contribution is 6.37. The van der Waals surface area contributed by atoms with Crippen molar-refractivity contribution in [2.45, 2.75) is 11.7 Å². The van der Waals surface area contributed by atoms with Gasteiger partial charge in [-0.2, -0.15) is 0 Å². The predicted octanol–water partition coefficient (Wildman–Crippen LogP) is 4.04. The first-order chi connectivity index (χ1) is 15.9. The summed E-state index contributed by atoms with van der Waals surface area (Å²) >= 11 is 5.98. The minimum Gasteiger partial charge on any atom is -0.349 e. The summed E-state index contributed by atoms with van der Waals surface area (Å²) in [5.41, 5.74) is -0.690. The molecular formula is C26H16ClNO5. The van der Waals surface area contributed by atoms with Gasteiger partial charge in [-0.05, 0) is 29.8 Å². The van der Waals surface area contributed by atoms with Gasteiger partial charge in [-0.25, -0.2) is 4.90 Å². The molecule has 1 aliphatic carbocycles. The molecule has 0 radical (unpaired) electrons. The Balaban J connectivity index is 1.55. The molecule has 7 heteroatoms. The number of imide groups is 1. The maximum atomic E-state index is 13.8. The van der Waals surface area contributed by atoms with Crippen molar-refractivity contribution in [3.8, 4) is 0 Å².